The topological polar surface area (TPSA) is 67.8 Å². The highest BCUT2D eigenvalue weighted by Gasteiger charge is 2.46. The van der Waals surface area contributed by atoms with E-state index in [4.69, 9.17) is 4.84 Å². The third-order valence-corrected chi connectivity index (χ3v) is 5.62. The van der Waals surface area contributed by atoms with Crippen LogP contribution in [0.4, 0.5) is 32.0 Å². The predicted octanol–water partition coefficient (Wildman–Crippen LogP) is 5.29. The highest BCUT2D eigenvalue weighted by Crippen LogP contribution is 2.34. The largest absolute Gasteiger partial charge is 0.516 e. The third-order valence-electron chi connectivity index (χ3n) is 4.52. The summed E-state index contributed by atoms with van der Waals surface area (Å²) in [4.78, 5) is 5.21. The maximum atomic E-state index is 12.9. The molecule has 164 valence electrons. The van der Waals surface area contributed by atoms with Crippen molar-refractivity contribution >= 4 is 21.4 Å². The van der Waals surface area contributed by atoms with Crippen LogP contribution in [0.25, 0.3) is 0 Å². The fraction of sp³-hybridized carbons (Fsp3) is 0.588. The second-order valence-corrected chi connectivity index (χ2v) is 8.46. The Balaban J connectivity index is 2.30. The van der Waals surface area contributed by atoms with Crippen LogP contribution < -0.4 is 4.72 Å². The van der Waals surface area contributed by atoms with Gasteiger partial charge in [-0.3, -0.25) is 4.72 Å². The van der Waals surface area contributed by atoms with E-state index in [1.165, 1.54) is 11.6 Å². The number of hydrogen-bond acceptors (Lipinski definition) is 4. The lowest BCUT2D eigenvalue weighted by atomic mass is 9.90. The predicted molar refractivity (Wildman–Crippen MR) is 94.8 cm³/mol. The Kier molecular flexibility index (Phi) is 7.07. The molecule has 0 aliphatic heterocycles. The van der Waals surface area contributed by atoms with Gasteiger partial charge in [0.05, 0.1) is 17.0 Å². The molecule has 1 saturated carbocycles. The van der Waals surface area contributed by atoms with Gasteiger partial charge in [-0.1, -0.05) is 30.5 Å². The zero-order chi connectivity index (χ0) is 21.9. The minimum absolute atomic E-state index is 0.0607. The van der Waals surface area contributed by atoms with E-state index in [-0.39, 0.29) is 23.8 Å². The van der Waals surface area contributed by atoms with Crippen LogP contribution in [-0.2, 0) is 21.0 Å². The Morgan fingerprint density at radius 1 is 1.14 bits per heavy atom. The van der Waals surface area contributed by atoms with Crippen molar-refractivity contribution in [2.45, 2.75) is 50.7 Å². The van der Waals surface area contributed by atoms with E-state index in [2.05, 4.69) is 5.16 Å². The molecule has 1 aliphatic rings. The molecule has 12 heteroatoms. The van der Waals surface area contributed by atoms with Crippen molar-refractivity contribution in [3.05, 3.63) is 29.3 Å². The van der Waals surface area contributed by atoms with Crippen LogP contribution in [0.2, 0.25) is 0 Å². The molecule has 0 saturated heterocycles. The second-order valence-electron chi connectivity index (χ2n) is 6.79. The minimum atomic E-state index is -5.92. The molecule has 0 bridgehead atoms. The molecule has 0 atom stereocenters. The molecular weight excluding hydrogens is 426 g/mol. The van der Waals surface area contributed by atoms with Crippen molar-refractivity contribution in [3.63, 3.8) is 0 Å². The summed E-state index contributed by atoms with van der Waals surface area (Å²) in [5.41, 5.74) is -8.21. The Hall–Kier alpha value is -1.98. The lowest BCUT2D eigenvalue weighted by molar-refractivity contribution is -0.137. The van der Waals surface area contributed by atoms with E-state index in [9.17, 15) is 34.8 Å². The van der Waals surface area contributed by atoms with E-state index in [1.54, 1.807) is 0 Å². The number of alkyl halides is 6. The third kappa shape index (κ3) is 6.25. The number of oxime groups is 1. The number of nitrogens with one attached hydrogen (secondary N) is 1. The van der Waals surface area contributed by atoms with Gasteiger partial charge in [0.15, 0.2) is 0 Å². The Labute approximate surface area is 164 Å². The van der Waals surface area contributed by atoms with Gasteiger partial charge in [-0.15, -0.1) is 0 Å². The quantitative estimate of drug-likeness (QED) is 0.367. The van der Waals surface area contributed by atoms with Crippen LogP contribution in [-0.4, -0.2) is 26.2 Å². The van der Waals surface area contributed by atoms with Crippen LogP contribution in [0.5, 0.6) is 0 Å². The van der Waals surface area contributed by atoms with Gasteiger partial charge in [-0.2, -0.15) is 34.8 Å². The SMILES string of the molecule is CC(=NOCC1CCCCC1)c1ccc(C(F)(F)F)cc1NS(=O)(=O)C(F)(F)F. The van der Waals surface area contributed by atoms with Gasteiger partial charge in [0.1, 0.15) is 6.61 Å². The van der Waals surface area contributed by atoms with Crippen LogP contribution in [0.3, 0.4) is 0 Å². The number of sulfonamides is 1. The Bertz CT molecular complexity index is 844. The number of anilines is 1. The summed E-state index contributed by atoms with van der Waals surface area (Å²) >= 11 is 0. The molecule has 0 unspecified atom stereocenters. The first-order valence-electron chi connectivity index (χ1n) is 8.78. The van der Waals surface area contributed by atoms with E-state index >= 15 is 0 Å². The minimum Gasteiger partial charge on any atom is -0.395 e. The summed E-state index contributed by atoms with van der Waals surface area (Å²) in [7, 11) is -5.92. The molecule has 1 aromatic carbocycles. The molecule has 0 aromatic heterocycles. The zero-order valence-corrected chi connectivity index (χ0v) is 16.2. The first-order valence-corrected chi connectivity index (χ1v) is 10.3. The molecule has 0 radical (unpaired) electrons. The smallest absolute Gasteiger partial charge is 0.395 e. The monoisotopic (exact) mass is 446 g/mol. The lowest BCUT2D eigenvalue weighted by Crippen LogP contribution is -2.30. The summed E-state index contributed by atoms with van der Waals surface area (Å²) in [6, 6.07) is 1.76. The summed E-state index contributed by atoms with van der Waals surface area (Å²) < 4.78 is 101. The molecule has 0 spiro atoms. The molecule has 29 heavy (non-hydrogen) atoms. The van der Waals surface area contributed by atoms with Crippen molar-refractivity contribution in [3.8, 4) is 0 Å². The van der Waals surface area contributed by atoms with Gasteiger partial charge in [0, 0.05) is 5.56 Å². The van der Waals surface area contributed by atoms with Gasteiger partial charge in [-0.25, -0.2) is 0 Å². The molecule has 1 aliphatic carbocycles. The highest BCUT2D eigenvalue weighted by atomic mass is 32.2. The average Bonchev–Trinajstić information content (AvgIpc) is 2.60. The van der Waals surface area contributed by atoms with Crippen LogP contribution in [0.15, 0.2) is 23.4 Å². The maximum Gasteiger partial charge on any atom is 0.516 e. The molecule has 2 rings (SSSR count). The first kappa shape index (κ1) is 23.3. The van der Waals surface area contributed by atoms with Gasteiger partial charge >= 0.3 is 21.7 Å². The van der Waals surface area contributed by atoms with Crippen molar-refractivity contribution in [1.82, 2.24) is 0 Å². The number of rotatable bonds is 6. The molecule has 1 fully saturated rings. The standard InChI is InChI=1S/C17H20F6N2O3S/c1-11(24-28-10-12-5-3-2-4-6-12)14-8-7-13(16(18,19)20)9-15(14)25-29(26,27)17(21,22)23/h7-9,12,25H,2-6,10H2,1H3. The number of hydrogen-bond donors (Lipinski definition) is 1. The lowest BCUT2D eigenvalue weighted by Gasteiger charge is -2.20. The zero-order valence-electron chi connectivity index (χ0n) is 15.4. The molecular formula is C17H20F6N2O3S. The van der Waals surface area contributed by atoms with Crippen molar-refractivity contribution in [2.75, 3.05) is 11.3 Å². The van der Waals surface area contributed by atoms with Gasteiger partial charge in [0.25, 0.3) is 0 Å². The van der Waals surface area contributed by atoms with E-state index < -0.39 is 33.0 Å². The van der Waals surface area contributed by atoms with Crippen molar-refractivity contribution in [1.29, 1.82) is 0 Å². The molecule has 0 amide bonds. The van der Waals surface area contributed by atoms with Crippen molar-refractivity contribution < 1.29 is 39.6 Å². The van der Waals surface area contributed by atoms with E-state index in [1.807, 2.05) is 0 Å². The number of nitrogens with zero attached hydrogens (tertiary/aromatic N) is 1. The molecule has 1 N–H and O–H groups in total. The van der Waals surface area contributed by atoms with Crippen LogP contribution in [0.1, 0.15) is 50.2 Å². The summed E-state index contributed by atoms with van der Waals surface area (Å²) in [6.07, 6.45) is 0.265. The average molecular weight is 446 g/mol. The van der Waals surface area contributed by atoms with E-state index in [0.717, 1.165) is 38.2 Å². The molecule has 5 nitrogen and oxygen atoms in total. The van der Waals surface area contributed by atoms with Gasteiger partial charge < -0.3 is 4.84 Å². The van der Waals surface area contributed by atoms with E-state index in [0.29, 0.717) is 12.1 Å². The van der Waals surface area contributed by atoms with Crippen molar-refractivity contribution in [2.24, 2.45) is 11.1 Å². The Morgan fingerprint density at radius 2 is 1.76 bits per heavy atom. The maximum absolute atomic E-state index is 12.9. The van der Waals surface area contributed by atoms with Gasteiger partial charge in [0.2, 0.25) is 0 Å². The number of benzene rings is 1. The van der Waals surface area contributed by atoms with Crippen LogP contribution >= 0.6 is 0 Å². The normalized spacial score (nSPS) is 17.3. The Morgan fingerprint density at radius 3 is 2.31 bits per heavy atom. The van der Waals surface area contributed by atoms with Gasteiger partial charge in [-0.05, 0) is 37.8 Å². The fourth-order valence-electron chi connectivity index (χ4n) is 2.97. The summed E-state index contributed by atoms with van der Waals surface area (Å²) in [5.74, 6) is 0.274. The number of halogens is 6. The summed E-state index contributed by atoms with van der Waals surface area (Å²) in [6.45, 7) is 1.57. The highest BCUT2D eigenvalue weighted by molar-refractivity contribution is 7.93. The molecule has 1 aromatic rings. The first-order chi connectivity index (χ1) is 13.3. The van der Waals surface area contributed by atoms with Crippen LogP contribution in [0, 0.1) is 5.92 Å². The molecule has 0 heterocycles. The summed E-state index contributed by atoms with van der Waals surface area (Å²) in [5, 5.41) is 3.75. The second kappa shape index (κ2) is 8.80. The fourth-order valence-corrected chi connectivity index (χ4v) is 3.54.